The average molecular weight is 419 g/mol. The zero-order chi connectivity index (χ0) is 20.7. The minimum Gasteiger partial charge on any atom is -0.497 e. The van der Waals surface area contributed by atoms with Crippen LogP contribution in [0.5, 0.6) is 5.75 Å². The Morgan fingerprint density at radius 2 is 1.97 bits per heavy atom. The van der Waals surface area contributed by atoms with E-state index in [1.807, 2.05) is 18.2 Å². The third-order valence-electron chi connectivity index (χ3n) is 5.19. The summed E-state index contributed by atoms with van der Waals surface area (Å²) in [6, 6.07) is 15.3. The lowest BCUT2D eigenvalue weighted by Crippen LogP contribution is -2.39. The van der Waals surface area contributed by atoms with Crippen molar-refractivity contribution in [1.82, 2.24) is 9.62 Å². The Bertz CT molecular complexity index is 887. The van der Waals surface area contributed by atoms with Crippen LogP contribution in [0.1, 0.15) is 30.1 Å². The monoisotopic (exact) mass is 418 g/mol. The lowest BCUT2D eigenvalue weighted by Gasteiger charge is -2.33. The van der Waals surface area contributed by atoms with Crippen molar-refractivity contribution < 1.29 is 17.9 Å². The van der Waals surface area contributed by atoms with Crippen LogP contribution in [0.25, 0.3) is 0 Å². The van der Waals surface area contributed by atoms with Crippen LogP contribution in [-0.4, -0.2) is 53.2 Å². The molecule has 0 bridgehead atoms. The highest BCUT2D eigenvalue weighted by molar-refractivity contribution is 7.89. The first kappa shape index (κ1) is 21.8. The molecule has 6 nitrogen and oxygen atoms in total. The molecule has 1 fully saturated rings. The lowest BCUT2D eigenvalue weighted by molar-refractivity contribution is -0.0303. The van der Waals surface area contributed by atoms with E-state index in [1.165, 1.54) is 5.56 Å². The van der Waals surface area contributed by atoms with Crippen molar-refractivity contribution >= 4 is 10.0 Å². The summed E-state index contributed by atoms with van der Waals surface area (Å²) in [6.45, 7) is 5.67. The Morgan fingerprint density at radius 3 is 2.69 bits per heavy atom. The Balaban J connectivity index is 1.42. The second kappa shape index (κ2) is 10.2. The van der Waals surface area contributed by atoms with E-state index < -0.39 is 10.0 Å². The van der Waals surface area contributed by atoms with Gasteiger partial charge in [-0.3, -0.25) is 4.90 Å². The van der Waals surface area contributed by atoms with Crippen molar-refractivity contribution in [2.75, 3.05) is 39.9 Å². The van der Waals surface area contributed by atoms with E-state index in [0.717, 1.165) is 39.1 Å². The SMILES string of the molecule is COc1ccc(S(=O)(=O)NCCCCN2CCOC(c3ccccc3)C2)c(C)c1. The topological polar surface area (TPSA) is 67.9 Å². The van der Waals surface area contributed by atoms with Gasteiger partial charge in [-0.25, -0.2) is 13.1 Å². The molecule has 1 saturated heterocycles. The highest BCUT2D eigenvalue weighted by atomic mass is 32.2. The summed E-state index contributed by atoms with van der Waals surface area (Å²) in [5.74, 6) is 0.653. The van der Waals surface area contributed by atoms with E-state index >= 15 is 0 Å². The maximum Gasteiger partial charge on any atom is 0.240 e. The first-order valence-corrected chi connectivity index (χ1v) is 11.5. The van der Waals surface area contributed by atoms with Crippen molar-refractivity contribution in [3.8, 4) is 5.75 Å². The largest absolute Gasteiger partial charge is 0.497 e. The molecule has 158 valence electrons. The molecule has 1 aliphatic rings. The van der Waals surface area contributed by atoms with Crippen LogP contribution in [-0.2, 0) is 14.8 Å². The predicted octanol–water partition coefficient (Wildman–Crippen LogP) is 3.14. The molecule has 0 amide bonds. The second-order valence-electron chi connectivity index (χ2n) is 7.31. The fourth-order valence-corrected chi connectivity index (χ4v) is 4.87. The van der Waals surface area contributed by atoms with Gasteiger partial charge in [-0.15, -0.1) is 0 Å². The van der Waals surface area contributed by atoms with Crippen LogP contribution < -0.4 is 9.46 Å². The molecule has 1 aliphatic heterocycles. The van der Waals surface area contributed by atoms with E-state index in [9.17, 15) is 8.42 Å². The van der Waals surface area contributed by atoms with Crippen LogP contribution in [0.4, 0.5) is 0 Å². The first-order valence-electron chi connectivity index (χ1n) is 10.0. The number of hydrogen-bond acceptors (Lipinski definition) is 5. The molecule has 1 heterocycles. The van der Waals surface area contributed by atoms with E-state index in [-0.39, 0.29) is 6.10 Å². The number of methoxy groups -OCH3 is 1. The van der Waals surface area contributed by atoms with Gasteiger partial charge in [0.1, 0.15) is 5.75 Å². The van der Waals surface area contributed by atoms with Gasteiger partial charge >= 0.3 is 0 Å². The van der Waals surface area contributed by atoms with Crippen molar-refractivity contribution in [3.05, 3.63) is 59.7 Å². The van der Waals surface area contributed by atoms with Crippen LogP contribution in [0.3, 0.4) is 0 Å². The number of benzene rings is 2. The molecule has 3 rings (SSSR count). The second-order valence-corrected chi connectivity index (χ2v) is 9.04. The highest BCUT2D eigenvalue weighted by Crippen LogP contribution is 2.22. The molecule has 2 aromatic carbocycles. The number of nitrogens with one attached hydrogen (secondary N) is 1. The number of ether oxygens (including phenoxy) is 2. The van der Waals surface area contributed by atoms with E-state index in [1.54, 1.807) is 32.2 Å². The van der Waals surface area contributed by atoms with Gasteiger partial charge < -0.3 is 9.47 Å². The van der Waals surface area contributed by atoms with Gasteiger partial charge in [0.05, 0.1) is 24.7 Å². The van der Waals surface area contributed by atoms with Gasteiger partial charge in [-0.05, 0) is 55.6 Å². The summed E-state index contributed by atoms with van der Waals surface area (Å²) >= 11 is 0. The number of unbranched alkanes of at least 4 members (excludes halogenated alkanes) is 1. The summed E-state index contributed by atoms with van der Waals surface area (Å²) in [7, 11) is -1.94. The van der Waals surface area contributed by atoms with Crippen LogP contribution in [0.15, 0.2) is 53.4 Å². The molecule has 1 atom stereocenters. The standard InChI is InChI=1S/C22H30N2O4S/c1-18-16-20(27-2)10-11-22(18)29(25,26)23-12-6-7-13-24-14-15-28-21(17-24)19-8-4-3-5-9-19/h3-5,8-11,16,21,23H,6-7,12-15,17H2,1-2H3. The molecule has 0 spiro atoms. The molecule has 1 N–H and O–H groups in total. The average Bonchev–Trinajstić information content (AvgIpc) is 2.74. The number of rotatable bonds is 9. The number of aryl methyl sites for hydroxylation is 1. The maximum atomic E-state index is 12.5. The normalized spacial score (nSPS) is 17.9. The van der Waals surface area contributed by atoms with Crippen molar-refractivity contribution in [2.45, 2.75) is 30.8 Å². The molecular formula is C22H30N2O4S. The van der Waals surface area contributed by atoms with E-state index in [2.05, 4.69) is 21.8 Å². The Labute approximate surface area is 173 Å². The van der Waals surface area contributed by atoms with Crippen LogP contribution >= 0.6 is 0 Å². The highest BCUT2D eigenvalue weighted by Gasteiger charge is 2.21. The van der Waals surface area contributed by atoms with Gasteiger partial charge in [0.25, 0.3) is 0 Å². The summed E-state index contributed by atoms with van der Waals surface area (Å²) < 4.78 is 38.8. The third-order valence-corrected chi connectivity index (χ3v) is 6.81. The molecule has 0 aliphatic carbocycles. The summed E-state index contributed by atoms with van der Waals surface area (Å²) in [5, 5.41) is 0. The van der Waals surface area contributed by atoms with Gasteiger partial charge in [0.15, 0.2) is 0 Å². The minimum atomic E-state index is -3.51. The Morgan fingerprint density at radius 1 is 1.17 bits per heavy atom. The van der Waals surface area contributed by atoms with E-state index in [0.29, 0.717) is 22.8 Å². The number of hydrogen-bond donors (Lipinski definition) is 1. The predicted molar refractivity (Wildman–Crippen MR) is 114 cm³/mol. The Kier molecular flexibility index (Phi) is 7.66. The fraction of sp³-hybridized carbons (Fsp3) is 0.455. The zero-order valence-electron chi connectivity index (χ0n) is 17.1. The fourth-order valence-electron chi connectivity index (χ4n) is 3.57. The Hall–Kier alpha value is -1.93. The van der Waals surface area contributed by atoms with Crippen molar-refractivity contribution in [2.24, 2.45) is 0 Å². The maximum absolute atomic E-state index is 12.5. The summed E-state index contributed by atoms with van der Waals surface area (Å²) in [4.78, 5) is 2.70. The van der Waals surface area contributed by atoms with Gasteiger partial charge in [-0.1, -0.05) is 30.3 Å². The van der Waals surface area contributed by atoms with Crippen molar-refractivity contribution in [3.63, 3.8) is 0 Å². The molecule has 0 radical (unpaired) electrons. The zero-order valence-corrected chi connectivity index (χ0v) is 18.0. The first-order chi connectivity index (χ1) is 14.0. The minimum absolute atomic E-state index is 0.113. The van der Waals surface area contributed by atoms with Crippen LogP contribution in [0, 0.1) is 6.92 Å². The molecule has 29 heavy (non-hydrogen) atoms. The molecular weight excluding hydrogens is 388 g/mol. The molecule has 0 saturated carbocycles. The van der Waals surface area contributed by atoms with Gasteiger partial charge in [0.2, 0.25) is 10.0 Å². The third kappa shape index (κ3) is 6.02. The van der Waals surface area contributed by atoms with Crippen molar-refractivity contribution in [1.29, 1.82) is 0 Å². The molecule has 7 heteroatoms. The number of morpholine rings is 1. The number of sulfonamides is 1. The quantitative estimate of drug-likeness (QED) is 0.634. The summed E-state index contributed by atoms with van der Waals surface area (Å²) in [5.41, 5.74) is 1.89. The van der Waals surface area contributed by atoms with E-state index in [4.69, 9.17) is 9.47 Å². The molecule has 0 aromatic heterocycles. The van der Waals surface area contributed by atoms with Crippen LogP contribution in [0.2, 0.25) is 0 Å². The lowest BCUT2D eigenvalue weighted by atomic mass is 10.1. The smallest absolute Gasteiger partial charge is 0.240 e. The summed E-state index contributed by atoms with van der Waals surface area (Å²) in [6.07, 6.45) is 1.84. The molecule has 2 aromatic rings. The van der Waals surface area contributed by atoms with Gasteiger partial charge in [0, 0.05) is 19.6 Å². The number of nitrogens with zero attached hydrogens (tertiary/aromatic N) is 1. The van der Waals surface area contributed by atoms with Gasteiger partial charge in [-0.2, -0.15) is 0 Å². The molecule has 1 unspecified atom stereocenters.